The van der Waals surface area contributed by atoms with Crippen LogP contribution in [-0.4, -0.2) is 30.8 Å². The van der Waals surface area contributed by atoms with Crippen molar-refractivity contribution in [3.63, 3.8) is 0 Å². The van der Waals surface area contributed by atoms with Gasteiger partial charge in [0.15, 0.2) is 5.66 Å². The highest BCUT2D eigenvalue weighted by atomic mass is 16.5. The number of carbonyl (C=O) groups excluding carboxylic acids is 2. The topological polar surface area (TPSA) is 105 Å². The molecule has 0 aromatic rings. The Hall–Kier alpha value is -1.14. The first-order valence-electron chi connectivity index (χ1n) is 9.91. The standard InChI is InChI=1S/C19H36N2O4/c1-2-3-4-5-6-7-10-13-16-17(22)24-14-11-8-9-12-15-25-18(23)19(16,20)21/h16H,2-15,20-21H2,1H3. The number of carbonyl (C=O) groups is 2. The number of nitrogens with two attached hydrogens (primary N) is 2. The Balaban J connectivity index is 2.57. The van der Waals surface area contributed by atoms with Crippen LogP contribution in [0.1, 0.15) is 84.0 Å². The lowest BCUT2D eigenvalue weighted by Gasteiger charge is -2.30. The summed E-state index contributed by atoms with van der Waals surface area (Å²) < 4.78 is 10.5. The van der Waals surface area contributed by atoms with Crippen LogP contribution in [0.5, 0.6) is 0 Å². The number of unbranched alkanes of at least 4 members (excludes halogenated alkanes) is 6. The fraction of sp³-hybridized carbons (Fsp3) is 0.895. The molecule has 0 aromatic carbocycles. The second-order valence-corrected chi connectivity index (χ2v) is 7.11. The number of esters is 2. The van der Waals surface area contributed by atoms with Gasteiger partial charge in [0.05, 0.1) is 19.1 Å². The molecule has 1 rings (SSSR count). The summed E-state index contributed by atoms with van der Waals surface area (Å²) in [5, 5.41) is 0. The maximum absolute atomic E-state index is 12.4. The van der Waals surface area contributed by atoms with E-state index in [0.29, 0.717) is 19.6 Å². The van der Waals surface area contributed by atoms with Gasteiger partial charge in [-0.15, -0.1) is 0 Å². The molecule has 6 nitrogen and oxygen atoms in total. The fourth-order valence-corrected chi connectivity index (χ4v) is 3.12. The molecular weight excluding hydrogens is 320 g/mol. The average molecular weight is 357 g/mol. The number of rotatable bonds is 8. The second-order valence-electron chi connectivity index (χ2n) is 7.11. The van der Waals surface area contributed by atoms with E-state index in [-0.39, 0.29) is 0 Å². The maximum Gasteiger partial charge on any atom is 0.341 e. The molecule has 1 unspecified atom stereocenters. The van der Waals surface area contributed by atoms with Gasteiger partial charge in [-0.1, -0.05) is 51.9 Å². The van der Waals surface area contributed by atoms with E-state index in [1.165, 1.54) is 25.7 Å². The number of cyclic esters (lactones) is 2. The Bertz CT molecular complexity index is 399. The van der Waals surface area contributed by atoms with E-state index in [4.69, 9.17) is 20.9 Å². The largest absolute Gasteiger partial charge is 0.465 e. The van der Waals surface area contributed by atoms with Gasteiger partial charge < -0.3 is 20.9 Å². The second kappa shape index (κ2) is 12.3. The number of ether oxygens (including phenoxy) is 2. The first-order chi connectivity index (χ1) is 12.0. The van der Waals surface area contributed by atoms with Crippen LogP contribution in [0.2, 0.25) is 0 Å². The molecule has 0 aromatic heterocycles. The fourth-order valence-electron chi connectivity index (χ4n) is 3.12. The molecule has 0 saturated carbocycles. The van der Waals surface area contributed by atoms with Gasteiger partial charge in [0.25, 0.3) is 0 Å². The zero-order valence-corrected chi connectivity index (χ0v) is 15.8. The van der Waals surface area contributed by atoms with Gasteiger partial charge in [-0.3, -0.25) is 4.79 Å². The smallest absolute Gasteiger partial charge is 0.341 e. The van der Waals surface area contributed by atoms with E-state index >= 15 is 0 Å². The monoisotopic (exact) mass is 356 g/mol. The van der Waals surface area contributed by atoms with E-state index in [9.17, 15) is 9.59 Å². The minimum Gasteiger partial charge on any atom is -0.465 e. The van der Waals surface area contributed by atoms with E-state index in [1.807, 2.05) is 0 Å². The average Bonchev–Trinajstić information content (AvgIpc) is 2.58. The van der Waals surface area contributed by atoms with E-state index in [2.05, 4.69) is 6.92 Å². The molecule has 6 heteroatoms. The van der Waals surface area contributed by atoms with Crippen LogP contribution in [-0.2, 0) is 19.1 Å². The number of hydrogen-bond donors (Lipinski definition) is 2. The van der Waals surface area contributed by atoms with E-state index in [0.717, 1.165) is 44.9 Å². The van der Waals surface area contributed by atoms with Crippen molar-refractivity contribution in [2.75, 3.05) is 13.2 Å². The summed E-state index contributed by atoms with van der Waals surface area (Å²) in [6.07, 6.45) is 11.8. The van der Waals surface area contributed by atoms with Crippen LogP contribution in [0.15, 0.2) is 0 Å². The minimum absolute atomic E-state index is 0.300. The molecular formula is C19H36N2O4. The van der Waals surface area contributed by atoms with Gasteiger partial charge in [0, 0.05) is 0 Å². The first kappa shape index (κ1) is 21.9. The van der Waals surface area contributed by atoms with Crippen molar-refractivity contribution in [1.29, 1.82) is 0 Å². The Morgan fingerprint density at radius 2 is 1.44 bits per heavy atom. The predicted molar refractivity (Wildman–Crippen MR) is 97.6 cm³/mol. The van der Waals surface area contributed by atoms with E-state index in [1.54, 1.807) is 0 Å². The molecule has 25 heavy (non-hydrogen) atoms. The molecule has 1 atom stereocenters. The molecule has 1 fully saturated rings. The van der Waals surface area contributed by atoms with Crippen molar-refractivity contribution in [2.45, 2.75) is 89.6 Å². The Labute approximate surface area is 152 Å². The Kier molecular flexibility index (Phi) is 10.7. The summed E-state index contributed by atoms with van der Waals surface area (Å²) in [6, 6.07) is 0. The summed E-state index contributed by atoms with van der Waals surface area (Å²) in [7, 11) is 0. The summed E-state index contributed by atoms with van der Waals surface area (Å²) in [6.45, 7) is 2.85. The third-order valence-electron chi connectivity index (χ3n) is 4.83. The lowest BCUT2D eigenvalue weighted by molar-refractivity contribution is -0.163. The van der Waals surface area contributed by atoms with Crippen LogP contribution in [0.3, 0.4) is 0 Å². The molecule has 1 aliphatic rings. The van der Waals surface area contributed by atoms with Gasteiger partial charge in [0.2, 0.25) is 0 Å². The quantitative estimate of drug-likeness (QED) is 0.393. The highest BCUT2D eigenvalue weighted by Crippen LogP contribution is 2.22. The molecule has 1 aliphatic heterocycles. The Morgan fingerprint density at radius 3 is 2.08 bits per heavy atom. The maximum atomic E-state index is 12.4. The first-order valence-corrected chi connectivity index (χ1v) is 9.91. The van der Waals surface area contributed by atoms with Gasteiger partial charge in [-0.05, 0) is 32.1 Å². The zero-order chi connectivity index (χ0) is 18.5. The molecule has 0 amide bonds. The molecule has 0 bridgehead atoms. The summed E-state index contributed by atoms with van der Waals surface area (Å²) in [5.41, 5.74) is 10.2. The molecule has 1 heterocycles. The molecule has 1 saturated heterocycles. The van der Waals surface area contributed by atoms with Crippen molar-refractivity contribution in [1.82, 2.24) is 0 Å². The molecule has 0 aliphatic carbocycles. The summed E-state index contributed by atoms with van der Waals surface area (Å²) in [5.74, 6) is -2.04. The Morgan fingerprint density at radius 1 is 0.880 bits per heavy atom. The number of hydrogen-bond acceptors (Lipinski definition) is 6. The van der Waals surface area contributed by atoms with Gasteiger partial charge in [0.1, 0.15) is 0 Å². The van der Waals surface area contributed by atoms with Crippen LogP contribution >= 0.6 is 0 Å². The summed E-state index contributed by atoms with van der Waals surface area (Å²) in [4.78, 5) is 24.6. The highest BCUT2D eigenvalue weighted by Gasteiger charge is 2.45. The third kappa shape index (κ3) is 8.19. The summed E-state index contributed by atoms with van der Waals surface area (Å²) >= 11 is 0. The van der Waals surface area contributed by atoms with Crippen molar-refractivity contribution < 1.29 is 19.1 Å². The van der Waals surface area contributed by atoms with Crippen molar-refractivity contribution in [3.05, 3.63) is 0 Å². The van der Waals surface area contributed by atoms with Crippen molar-refractivity contribution in [3.8, 4) is 0 Å². The normalized spacial score (nSPS) is 22.4. The lowest BCUT2D eigenvalue weighted by atomic mass is 9.88. The predicted octanol–water partition coefficient (Wildman–Crippen LogP) is 3.02. The van der Waals surface area contributed by atoms with Crippen LogP contribution in [0.25, 0.3) is 0 Å². The SMILES string of the molecule is CCCCCCCCCC1C(=O)OCCCCCCOC(=O)C1(N)N. The lowest BCUT2D eigenvalue weighted by Crippen LogP contribution is -2.64. The zero-order valence-electron chi connectivity index (χ0n) is 15.8. The van der Waals surface area contributed by atoms with Gasteiger partial charge in [-0.25, -0.2) is 4.79 Å². The van der Waals surface area contributed by atoms with Crippen molar-refractivity contribution in [2.24, 2.45) is 17.4 Å². The molecule has 4 N–H and O–H groups in total. The van der Waals surface area contributed by atoms with Crippen LogP contribution < -0.4 is 11.5 Å². The van der Waals surface area contributed by atoms with Gasteiger partial charge >= 0.3 is 11.9 Å². The minimum atomic E-state index is -1.82. The van der Waals surface area contributed by atoms with Crippen LogP contribution in [0.4, 0.5) is 0 Å². The molecule has 0 spiro atoms. The van der Waals surface area contributed by atoms with Crippen molar-refractivity contribution >= 4 is 11.9 Å². The van der Waals surface area contributed by atoms with Gasteiger partial charge in [-0.2, -0.15) is 0 Å². The highest BCUT2D eigenvalue weighted by molar-refractivity contribution is 5.87. The van der Waals surface area contributed by atoms with E-state index < -0.39 is 23.5 Å². The van der Waals surface area contributed by atoms with Crippen LogP contribution in [0, 0.1) is 5.92 Å². The molecule has 146 valence electrons. The third-order valence-corrected chi connectivity index (χ3v) is 4.83. The molecule has 0 radical (unpaired) electrons.